The third-order valence-electron chi connectivity index (χ3n) is 4.20. The minimum atomic E-state index is -0.624. The van der Waals surface area contributed by atoms with Crippen molar-refractivity contribution in [1.82, 2.24) is 5.43 Å². The maximum absolute atomic E-state index is 12.2. The number of amides is 2. The Bertz CT molecular complexity index is 1100. The normalized spacial score (nSPS) is 11.0. The summed E-state index contributed by atoms with van der Waals surface area (Å²) in [5.41, 5.74) is 5.22. The van der Waals surface area contributed by atoms with Crippen LogP contribution in [0.2, 0.25) is 5.02 Å². The molecule has 7 nitrogen and oxygen atoms in total. The van der Waals surface area contributed by atoms with E-state index in [9.17, 15) is 14.7 Å². The standard InChI is InChI=1S/C23H21ClN4O3/c1-15(27-28-23(31)20-14-16(24)7-12-21(20)29)13-22(30)26-19-10-8-18(9-11-19)25-17-5-3-2-4-6-17/h2-12,14,25,29H,13H2,1H3,(H,26,30)(H,28,31)/b27-15+. The Morgan fingerprint density at radius 1 is 0.935 bits per heavy atom. The van der Waals surface area contributed by atoms with E-state index in [4.69, 9.17) is 11.6 Å². The monoisotopic (exact) mass is 436 g/mol. The second-order valence-electron chi connectivity index (χ2n) is 6.74. The predicted molar refractivity (Wildman–Crippen MR) is 123 cm³/mol. The van der Waals surface area contributed by atoms with Crippen molar-refractivity contribution in [3.05, 3.63) is 83.4 Å². The maximum Gasteiger partial charge on any atom is 0.275 e. The molecule has 8 heteroatoms. The van der Waals surface area contributed by atoms with Gasteiger partial charge < -0.3 is 15.7 Å². The maximum atomic E-state index is 12.2. The second kappa shape index (κ2) is 10.3. The van der Waals surface area contributed by atoms with Gasteiger partial charge >= 0.3 is 0 Å². The number of hydrogen-bond donors (Lipinski definition) is 4. The molecule has 31 heavy (non-hydrogen) atoms. The topological polar surface area (TPSA) is 103 Å². The molecule has 0 aliphatic rings. The van der Waals surface area contributed by atoms with Gasteiger partial charge in [-0.3, -0.25) is 9.59 Å². The Morgan fingerprint density at radius 3 is 2.29 bits per heavy atom. The molecule has 0 radical (unpaired) electrons. The number of halogens is 1. The van der Waals surface area contributed by atoms with Gasteiger partial charge in [0.05, 0.1) is 12.0 Å². The summed E-state index contributed by atoms with van der Waals surface area (Å²) in [7, 11) is 0. The fourth-order valence-corrected chi connectivity index (χ4v) is 2.87. The third-order valence-corrected chi connectivity index (χ3v) is 4.43. The van der Waals surface area contributed by atoms with Crippen LogP contribution in [0.1, 0.15) is 23.7 Å². The van der Waals surface area contributed by atoms with Gasteiger partial charge in [-0.1, -0.05) is 29.8 Å². The molecule has 0 saturated heterocycles. The molecule has 0 unspecified atom stereocenters. The Kier molecular flexibility index (Phi) is 7.24. The van der Waals surface area contributed by atoms with E-state index in [-0.39, 0.29) is 23.6 Å². The zero-order chi connectivity index (χ0) is 22.2. The molecule has 4 N–H and O–H groups in total. The first kappa shape index (κ1) is 21.9. The SMILES string of the molecule is C/C(CC(=O)Nc1ccc(Nc2ccccc2)cc1)=N\NC(=O)c1cc(Cl)ccc1O. The largest absolute Gasteiger partial charge is 0.507 e. The Balaban J connectivity index is 1.51. The lowest BCUT2D eigenvalue weighted by atomic mass is 10.2. The molecule has 0 atom stereocenters. The van der Waals surface area contributed by atoms with Crippen LogP contribution in [0.5, 0.6) is 5.75 Å². The predicted octanol–water partition coefficient (Wildman–Crippen LogP) is 4.92. The van der Waals surface area contributed by atoms with Crippen molar-refractivity contribution >= 4 is 46.2 Å². The highest BCUT2D eigenvalue weighted by molar-refractivity contribution is 6.31. The van der Waals surface area contributed by atoms with Crippen LogP contribution in [-0.4, -0.2) is 22.6 Å². The number of carbonyl (C=O) groups is 2. The lowest BCUT2D eigenvalue weighted by Gasteiger charge is -2.09. The zero-order valence-corrected chi connectivity index (χ0v) is 17.5. The van der Waals surface area contributed by atoms with Crippen molar-refractivity contribution in [3.8, 4) is 5.75 Å². The average Bonchev–Trinajstić information content (AvgIpc) is 2.76. The second-order valence-corrected chi connectivity index (χ2v) is 7.18. The van der Waals surface area contributed by atoms with E-state index in [0.717, 1.165) is 11.4 Å². The summed E-state index contributed by atoms with van der Waals surface area (Å²) < 4.78 is 0. The molecule has 3 aromatic carbocycles. The number of rotatable bonds is 7. The van der Waals surface area contributed by atoms with Crippen LogP contribution in [0.3, 0.4) is 0 Å². The van der Waals surface area contributed by atoms with Crippen LogP contribution >= 0.6 is 11.6 Å². The van der Waals surface area contributed by atoms with E-state index in [1.807, 2.05) is 42.5 Å². The summed E-state index contributed by atoms with van der Waals surface area (Å²) in [4.78, 5) is 24.4. The number of nitrogens with one attached hydrogen (secondary N) is 3. The van der Waals surface area contributed by atoms with Crippen LogP contribution in [0.25, 0.3) is 0 Å². The number of phenols is 1. The van der Waals surface area contributed by atoms with E-state index in [0.29, 0.717) is 16.4 Å². The lowest BCUT2D eigenvalue weighted by Crippen LogP contribution is -2.21. The van der Waals surface area contributed by atoms with Crippen LogP contribution in [0.15, 0.2) is 77.9 Å². The number of benzene rings is 3. The number of anilines is 3. The molecular weight excluding hydrogens is 416 g/mol. The van der Waals surface area contributed by atoms with Gasteiger partial charge in [0, 0.05) is 27.8 Å². The molecule has 0 heterocycles. The van der Waals surface area contributed by atoms with E-state index < -0.39 is 5.91 Å². The fraction of sp³-hybridized carbons (Fsp3) is 0.0870. The number of hydrogen-bond acceptors (Lipinski definition) is 5. The summed E-state index contributed by atoms with van der Waals surface area (Å²) >= 11 is 5.84. The Morgan fingerprint density at radius 2 is 1.58 bits per heavy atom. The molecule has 0 aliphatic carbocycles. The van der Waals surface area contributed by atoms with Gasteiger partial charge in [0.1, 0.15) is 5.75 Å². The summed E-state index contributed by atoms with van der Waals surface area (Å²) in [6.07, 6.45) is -0.00811. The minimum Gasteiger partial charge on any atom is -0.507 e. The Labute approximate surface area is 184 Å². The fourth-order valence-electron chi connectivity index (χ4n) is 2.70. The van der Waals surface area contributed by atoms with Gasteiger partial charge in [-0.15, -0.1) is 0 Å². The van der Waals surface area contributed by atoms with Crippen molar-refractivity contribution in [3.63, 3.8) is 0 Å². The van der Waals surface area contributed by atoms with Crippen LogP contribution in [-0.2, 0) is 4.79 Å². The molecular formula is C23H21ClN4O3. The molecule has 158 valence electrons. The van der Waals surface area contributed by atoms with Crippen LogP contribution in [0, 0.1) is 0 Å². The number of hydrazone groups is 1. The van der Waals surface area contributed by atoms with Crippen molar-refractivity contribution in [2.75, 3.05) is 10.6 Å². The minimum absolute atomic E-state index is 0.00213. The highest BCUT2D eigenvalue weighted by Gasteiger charge is 2.12. The first-order chi connectivity index (χ1) is 14.9. The molecule has 0 spiro atoms. The molecule has 0 saturated carbocycles. The number of carbonyl (C=O) groups excluding carboxylic acids is 2. The molecule has 3 aromatic rings. The number of aromatic hydroxyl groups is 1. The van der Waals surface area contributed by atoms with Gasteiger partial charge in [-0.2, -0.15) is 5.10 Å². The first-order valence-electron chi connectivity index (χ1n) is 9.45. The number of para-hydroxylation sites is 1. The van der Waals surface area contributed by atoms with Gasteiger partial charge in [0.25, 0.3) is 5.91 Å². The van der Waals surface area contributed by atoms with Crippen molar-refractivity contribution in [2.24, 2.45) is 5.10 Å². The molecule has 3 rings (SSSR count). The number of nitrogens with zero attached hydrogens (tertiary/aromatic N) is 1. The smallest absolute Gasteiger partial charge is 0.275 e. The van der Waals surface area contributed by atoms with Crippen molar-refractivity contribution in [2.45, 2.75) is 13.3 Å². The highest BCUT2D eigenvalue weighted by atomic mass is 35.5. The van der Waals surface area contributed by atoms with Gasteiger partial charge in [0.15, 0.2) is 0 Å². The third kappa shape index (κ3) is 6.58. The van der Waals surface area contributed by atoms with Crippen LogP contribution in [0.4, 0.5) is 17.1 Å². The molecule has 0 fully saturated rings. The van der Waals surface area contributed by atoms with E-state index in [2.05, 4.69) is 21.2 Å². The van der Waals surface area contributed by atoms with E-state index in [1.54, 1.807) is 19.1 Å². The highest BCUT2D eigenvalue weighted by Crippen LogP contribution is 2.21. The average molecular weight is 437 g/mol. The summed E-state index contributed by atoms with van der Waals surface area (Å²) in [6, 6.07) is 21.2. The lowest BCUT2D eigenvalue weighted by molar-refractivity contribution is -0.115. The summed E-state index contributed by atoms with van der Waals surface area (Å²) in [5.74, 6) is -1.11. The Hall–Kier alpha value is -3.84. The van der Waals surface area contributed by atoms with E-state index in [1.165, 1.54) is 18.2 Å². The molecule has 0 aliphatic heterocycles. The van der Waals surface area contributed by atoms with Gasteiger partial charge in [-0.25, -0.2) is 5.43 Å². The van der Waals surface area contributed by atoms with Crippen LogP contribution < -0.4 is 16.1 Å². The van der Waals surface area contributed by atoms with Gasteiger partial charge in [0.2, 0.25) is 5.91 Å². The van der Waals surface area contributed by atoms with Crippen molar-refractivity contribution in [1.29, 1.82) is 0 Å². The van der Waals surface area contributed by atoms with E-state index >= 15 is 0 Å². The molecule has 0 aromatic heterocycles. The summed E-state index contributed by atoms with van der Waals surface area (Å²) in [6.45, 7) is 1.62. The molecule has 2 amide bonds. The molecule has 0 bridgehead atoms. The number of phenolic OH excluding ortho intramolecular Hbond substituents is 1. The first-order valence-corrected chi connectivity index (χ1v) is 9.82. The zero-order valence-electron chi connectivity index (χ0n) is 16.7. The van der Waals surface area contributed by atoms with Gasteiger partial charge in [-0.05, 0) is 61.5 Å². The summed E-state index contributed by atoms with van der Waals surface area (Å²) in [5, 5.41) is 20.0. The quantitative estimate of drug-likeness (QED) is 0.311. The van der Waals surface area contributed by atoms with Crippen molar-refractivity contribution < 1.29 is 14.7 Å².